The number of hydrogen-bond donors (Lipinski definition) is 1. The van der Waals surface area contributed by atoms with Crippen molar-refractivity contribution in [2.24, 2.45) is 11.0 Å². The van der Waals surface area contributed by atoms with Crippen LogP contribution in [-0.4, -0.2) is 12.8 Å². The highest BCUT2D eigenvalue weighted by molar-refractivity contribution is 5.80. The normalized spacial score (nSPS) is 11.1. The van der Waals surface area contributed by atoms with Crippen molar-refractivity contribution >= 4 is 11.9 Å². The lowest BCUT2D eigenvalue weighted by Gasteiger charge is -2.11. The van der Waals surface area contributed by atoms with Crippen molar-refractivity contribution in [2.75, 3.05) is 12.0 Å². The molecule has 0 radical (unpaired) electrons. The fraction of sp³-hybridized carbons (Fsp3) is 0.316. The van der Waals surface area contributed by atoms with E-state index in [1.54, 1.807) is 0 Å². The Labute approximate surface area is 133 Å². The lowest BCUT2D eigenvalue weighted by Crippen LogP contribution is -2.02. The van der Waals surface area contributed by atoms with E-state index in [1.807, 2.05) is 48.7 Å². The lowest BCUT2D eigenvalue weighted by molar-refractivity contribution is 0.288. The predicted molar refractivity (Wildman–Crippen MR) is 93.8 cm³/mol. The third-order valence-corrected chi connectivity index (χ3v) is 3.33. The molecule has 2 rings (SSSR count). The Morgan fingerprint density at radius 1 is 1.14 bits per heavy atom. The standard InChI is InChI=1S/C19H24N2O/c1-15(2)11-12-22-19-10-9-17(13-16(19)3)14-20-21-18-7-5-4-6-8-18/h4-10,13-15,21H,11-12H2,1-3H3. The molecule has 0 spiro atoms. The van der Waals surface area contributed by atoms with Crippen molar-refractivity contribution in [3.8, 4) is 5.75 Å². The summed E-state index contributed by atoms with van der Waals surface area (Å²) in [5, 5.41) is 4.25. The number of anilines is 1. The number of ether oxygens (including phenoxy) is 1. The summed E-state index contributed by atoms with van der Waals surface area (Å²) in [5.41, 5.74) is 6.17. The molecule has 1 N–H and O–H groups in total. The minimum absolute atomic E-state index is 0.663. The van der Waals surface area contributed by atoms with Gasteiger partial charge in [0, 0.05) is 0 Å². The molecule has 116 valence electrons. The Morgan fingerprint density at radius 3 is 2.59 bits per heavy atom. The van der Waals surface area contributed by atoms with Crippen LogP contribution in [0.4, 0.5) is 5.69 Å². The van der Waals surface area contributed by atoms with Crippen LogP contribution in [0, 0.1) is 12.8 Å². The Balaban J connectivity index is 1.91. The SMILES string of the molecule is Cc1cc(C=NNc2ccccc2)ccc1OCCC(C)C. The van der Waals surface area contributed by atoms with Gasteiger partial charge in [0.05, 0.1) is 18.5 Å². The van der Waals surface area contributed by atoms with E-state index in [1.165, 1.54) is 0 Å². The van der Waals surface area contributed by atoms with Crippen molar-refractivity contribution in [2.45, 2.75) is 27.2 Å². The molecular weight excluding hydrogens is 272 g/mol. The monoisotopic (exact) mass is 296 g/mol. The smallest absolute Gasteiger partial charge is 0.122 e. The molecule has 0 unspecified atom stereocenters. The van der Waals surface area contributed by atoms with Gasteiger partial charge in [0.1, 0.15) is 5.75 Å². The second-order valence-corrected chi connectivity index (χ2v) is 5.79. The van der Waals surface area contributed by atoms with E-state index >= 15 is 0 Å². The highest BCUT2D eigenvalue weighted by Gasteiger charge is 2.01. The van der Waals surface area contributed by atoms with Crippen LogP contribution in [0.1, 0.15) is 31.4 Å². The van der Waals surface area contributed by atoms with Gasteiger partial charge in [-0.25, -0.2) is 0 Å². The second kappa shape index (κ2) is 8.23. The molecule has 2 aromatic rings. The molecule has 0 bridgehead atoms. The van der Waals surface area contributed by atoms with E-state index in [2.05, 4.69) is 37.4 Å². The van der Waals surface area contributed by atoms with Crippen molar-refractivity contribution in [1.82, 2.24) is 0 Å². The van der Waals surface area contributed by atoms with Crippen molar-refractivity contribution in [3.63, 3.8) is 0 Å². The van der Waals surface area contributed by atoms with Crippen LogP contribution in [0.25, 0.3) is 0 Å². The van der Waals surface area contributed by atoms with Crippen LogP contribution in [0.5, 0.6) is 5.75 Å². The van der Waals surface area contributed by atoms with Crippen LogP contribution in [-0.2, 0) is 0 Å². The Kier molecular flexibility index (Phi) is 6.01. The lowest BCUT2D eigenvalue weighted by atomic mass is 10.1. The number of nitrogens with zero attached hydrogens (tertiary/aromatic N) is 1. The van der Waals surface area contributed by atoms with Crippen LogP contribution < -0.4 is 10.2 Å². The molecule has 0 saturated carbocycles. The highest BCUT2D eigenvalue weighted by atomic mass is 16.5. The zero-order valence-electron chi connectivity index (χ0n) is 13.5. The minimum atomic E-state index is 0.663. The molecule has 0 aromatic heterocycles. The summed E-state index contributed by atoms with van der Waals surface area (Å²) >= 11 is 0. The summed E-state index contributed by atoms with van der Waals surface area (Å²) in [5.74, 6) is 1.62. The number of aryl methyl sites for hydroxylation is 1. The van der Waals surface area contributed by atoms with Gasteiger partial charge in [-0.1, -0.05) is 32.0 Å². The number of nitrogens with one attached hydrogen (secondary N) is 1. The van der Waals surface area contributed by atoms with Gasteiger partial charge in [0.2, 0.25) is 0 Å². The summed E-state index contributed by atoms with van der Waals surface area (Å²) in [6.45, 7) is 7.24. The first-order chi connectivity index (χ1) is 10.6. The van der Waals surface area contributed by atoms with Crippen LogP contribution in [0.2, 0.25) is 0 Å². The molecule has 0 aliphatic carbocycles. The van der Waals surface area contributed by atoms with Crippen LogP contribution in [0.3, 0.4) is 0 Å². The molecule has 2 aromatic carbocycles. The zero-order chi connectivity index (χ0) is 15.8. The summed E-state index contributed by atoms with van der Waals surface area (Å²) in [4.78, 5) is 0. The summed E-state index contributed by atoms with van der Waals surface area (Å²) < 4.78 is 5.82. The van der Waals surface area contributed by atoms with Crippen LogP contribution in [0.15, 0.2) is 53.6 Å². The first kappa shape index (κ1) is 16.1. The van der Waals surface area contributed by atoms with Gasteiger partial charge in [0.15, 0.2) is 0 Å². The molecule has 0 aliphatic heterocycles. The largest absolute Gasteiger partial charge is 0.493 e. The van der Waals surface area contributed by atoms with Gasteiger partial charge < -0.3 is 4.74 Å². The summed E-state index contributed by atoms with van der Waals surface area (Å²) in [6.07, 6.45) is 2.89. The molecule has 3 heteroatoms. The Morgan fingerprint density at radius 2 is 1.91 bits per heavy atom. The average molecular weight is 296 g/mol. The van der Waals surface area contributed by atoms with Crippen LogP contribution >= 0.6 is 0 Å². The van der Waals surface area contributed by atoms with Gasteiger partial charge in [0.25, 0.3) is 0 Å². The van der Waals surface area contributed by atoms with Crippen molar-refractivity contribution in [1.29, 1.82) is 0 Å². The quantitative estimate of drug-likeness (QED) is 0.584. The third kappa shape index (κ3) is 5.24. The fourth-order valence-corrected chi connectivity index (χ4v) is 2.01. The highest BCUT2D eigenvalue weighted by Crippen LogP contribution is 2.19. The van der Waals surface area contributed by atoms with E-state index in [0.717, 1.165) is 35.6 Å². The molecule has 22 heavy (non-hydrogen) atoms. The van der Waals surface area contributed by atoms with E-state index in [-0.39, 0.29) is 0 Å². The molecule has 0 aliphatic rings. The molecular formula is C19H24N2O. The topological polar surface area (TPSA) is 33.6 Å². The maximum Gasteiger partial charge on any atom is 0.122 e. The van der Waals surface area contributed by atoms with Gasteiger partial charge in [-0.2, -0.15) is 5.10 Å². The maximum absolute atomic E-state index is 5.82. The number of hydrazone groups is 1. The molecule has 0 fully saturated rings. The summed E-state index contributed by atoms with van der Waals surface area (Å²) in [7, 11) is 0. The minimum Gasteiger partial charge on any atom is -0.493 e. The Bertz CT molecular complexity index is 606. The van der Waals surface area contributed by atoms with E-state index in [9.17, 15) is 0 Å². The predicted octanol–water partition coefficient (Wildman–Crippen LogP) is 4.87. The number of rotatable bonds is 7. The molecule has 3 nitrogen and oxygen atoms in total. The van der Waals surface area contributed by atoms with E-state index in [0.29, 0.717) is 5.92 Å². The molecule has 0 atom stereocenters. The third-order valence-electron chi connectivity index (χ3n) is 3.33. The van der Waals surface area contributed by atoms with Crippen molar-refractivity contribution in [3.05, 3.63) is 59.7 Å². The zero-order valence-corrected chi connectivity index (χ0v) is 13.5. The fourth-order valence-electron chi connectivity index (χ4n) is 2.01. The molecule has 0 amide bonds. The molecule has 0 saturated heterocycles. The van der Waals surface area contributed by atoms with Crippen molar-refractivity contribution < 1.29 is 4.74 Å². The number of hydrogen-bond acceptors (Lipinski definition) is 3. The Hall–Kier alpha value is -2.29. The molecule has 0 heterocycles. The maximum atomic E-state index is 5.82. The van der Waals surface area contributed by atoms with Gasteiger partial charge in [-0.05, 0) is 60.7 Å². The number of para-hydroxylation sites is 1. The average Bonchev–Trinajstić information content (AvgIpc) is 2.50. The van der Waals surface area contributed by atoms with E-state index < -0.39 is 0 Å². The number of benzene rings is 2. The van der Waals surface area contributed by atoms with Gasteiger partial charge >= 0.3 is 0 Å². The summed E-state index contributed by atoms with van der Waals surface area (Å²) in [6, 6.07) is 16.0. The first-order valence-electron chi connectivity index (χ1n) is 7.72. The van der Waals surface area contributed by atoms with Gasteiger partial charge in [-0.3, -0.25) is 5.43 Å². The van der Waals surface area contributed by atoms with Gasteiger partial charge in [-0.15, -0.1) is 0 Å². The first-order valence-corrected chi connectivity index (χ1v) is 7.72. The second-order valence-electron chi connectivity index (χ2n) is 5.79. The van der Waals surface area contributed by atoms with E-state index in [4.69, 9.17) is 4.74 Å².